The Hall–Kier alpha value is -1.90. The summed E-state index contributed by atoms with van der Waals surface area (Å²) in [5.74, 6) is 0.0431. The fraction of sp³-hybridized carbons (Fsp3) is 0.214. The van der Waals surface area contributed by atoms with Gasteiger partial charge in [0.2, 0.25) is 0 Å². The minimum atomic E-state index is -3.73. The molecule has 2 N–H and O–H groups in total. The van der Waals surface area contributed by atoms with Gasteiger partial charge in [-0.15, -0.1) is 16.2 Å². The van der Waals surface area contributed by atoms with E-state index in [1.54, 1.807) is 11.4 Å². The zero-order valence-corrected chi connectivity index (χ0v) is 13.8. The summed E-state index contributed by atoms with van der Waals surface area (Å²) in [6.07, 6.45) is 0. The van der Waals surface area contributed by atoms with Crippen LogP contribution >= 0.6 is 11.3 Å². The van der Waals surface area contributed by atoms with E-state index in [9.17, 15) is 13.2 Å². The molecular formula is C14H16N2O4S2. The zero-order valence-electron chi connectivity index (χ0n) is 12.1. The molecule has 1 aromatic heterocycles. The first kappa shape index (κ1) is 16.5. The van der Waals surface area contributed by atoms with E-state index in [4.69, 9.17) is 4.74 Å². The van der Waals surface area contributed by atoms with Crippen LogP contribution in [-0.4, -0.2) is 20.9 Å². The molecule has 0 saturated carbocycles. The average Bonchev–Trinajstić information content (AvgIpc) is 3.00. The number of rotatable bonds is 6. The van der Waals surface area contributed by atoms with E-state index in [2.05, 4.69) is 5.43 Å². The van der Waals surface area contributed by atoms with Crippen molar-refractivity contribution in [1.82, 2.24) is 10.3 Å². The molecule has 0 radical (unpaired) electrons. The number of nitrogens with one attached hydrogen (secondary N) is 2. The minimum absolute atomic E-state index is 0.128. The lowest BCUT2D eigenvalue weighted by molar-refractivity contribution is -0.123. The van der Waals surface area contributed by atoms with Gasteiger partial charge in [0.15, 0.2) is 6.61 Å². The SMILES string of the molecule is Cc1cccc(C)c1OCC(=O)NNS(=O)(=O)c1cccs1. The van der Waals surface area contributed by atoms with Gasteiger partial charge in [0.25, 0.3) is 15.9 Å². The lowest BCUT2D eigenvalue weighted by atomic mass is 10.1. The first-order valence-corrected chi connectivity index (χ1v) is 8.79. The van der Waals surface area contributed by atoms with E-state index in [-0.39, 0.29) is 10.8 Å². The van der Waals surface area contributed by atoms with Crippen molar-refractivity contribution in [1.29, 1.82) is 0 Å². The van der Waals surface area contributed by atoms with Crippen molar-refractivity contribution in [3.63, 3.8) is 0 Å². The fourth-order valence-corrected chi connectivity index (χ4v) is 3.64. The Labute approximate surface area is 133 Å². The Balaban J connectivity index is 1.89. The molecule has 118 valence electrons. The summed E-state index contributed by atoms with van der Waals surface area (Å²) >= 11 is 1.06. The molecule has 6 nitrogen and oxygen atoms in total. The number of hydrazine groups is 1. The third-order valence-electron chi connectivity index (χ3n) is 2.84. The Morgan fingerprint density at radius 3 is 2.45 bits per heavy atom. The molecular weight excluding hydrogens is 324 g/mol. The van der Waals surface area contributed by atoms with Gasteiger partial charge in [0.05, 0.1) is 0 Å². The highest BCUT2D eigenvalue weighted by Crippen LogP contribution is 2.22. The number of para-hydroxylation sites is 1. The molecule has 1 aromatic carbocycles. The normalized spacial score (nSPS) is 11.2. The van der Waals surface area contributed by atoms with Crippen molar-refractivity contribution in [2.75, 3.05) is 6.61 Å². The van der Waals surface area contributed by atoms with Crippen molar-refractivity contribution in [2.45, 2.75) is 18.1 Å². The minimum Gasteiger partial charge on any atom is -0.483 e. The monoisotopic (exact) mass is 340 g/mol. The third-order valence-corrected chi connectivity index (χ3v) is 5.49. The molecule has 0 aliphatic heterocycles. The second-order valence-corrected chi connectivity index (χ2v) is 7.45. The number of amides is 1. The van der Waals surface area contributed by atoms with Crippen LogP contribution < -0.4 is 15.0 Å². The van der Waals surface area contributed by atoms with Crippen molar-refractivity contribution in [3.8, 4) is 5.75 Å². The Bertz CT molecular complexity index is 735. The van der Waals surface area contributed by atoms with Crippen LogP contribution in [0.5, 0.6) is 5.75 Å². The Morgan fingerprint density at radius 1 is 1.18 bits per heavy atom. The number of sulfonamides is 1. The second kappa shape index (κ2) is 6.91. The maximum Gasteiger partial charge on any atom is 0.272 e. The zero-order chi connectivity index (χ0) is 16.2. The van der Waals surface area contributed by atoms with Crippen molar-refractivity contribution < 1.29 is 17.9 Å². The van der Waals surface area contributed by atoms with E-state index in [1.165, 1.54) is 6.07 Å². The first-order valence-electron chi connectivity index (χ1n) is 6.43. The van der Waals surface area contributed by atoms with Crippen LogP contribution in [0, 0.1) is 13.8 Å². The fourth-order valence-electron chi connectivity index (χ4n) is 1.79. The molecule has 0 atom stereocenters. The number of carbonyl (C=O) groups is 1. The van der Waals surface area contributed by atoms with Crippen LogP contribution in [0.3, 0.4) is 0 Å². The van der Waals surface area contributed by atoms with Gasteiger partial charge in [-0.25, -0.2) is 8.42 Å². The summed E-state index contributed by atoms with van der Waals surface area (Å²) in [7, 11) is -3.73. The van der Waals surface area contributed by atoms with Gasteiger partial charge < -0.3 is 4.74 Å². The number of hydrogen-bond donors (Lipinski definition) is 2. The predicted octanol–water partition coefficient (Wildman–Crippen LogP) is 1.75. The van der Waals surface area contributed by atoms with E-state index in [0.717, 1.165) is 22.5 Å². The van der Waals surface area contributed by atoms with Crippen molar-refractivity contribution in [3.05, 3.63) is 46.8 Å². The molecule has 0 saturated heterocycles. The van der Waals surface area contributed by atoms with Crippen LogP contribution in [0.4, 0.5) is 0 Å². The summed E-state index contributed by atoms with van der Waals surface area (Å²) in [6, 6.07) is 8.71. The van der Waals surface area contributed by atoms with Crippen LogP contribution in [-0.2, 0) is 14.8 Å². The lowest BCUT2D eigenvalue weighted by Gasteiger charge is -2.12. The molecule has 8 heteroatoms. The van der Waals surface area contributed by atoms with Gasteiger partial charge in [-0.3, -0.25) is 10.2 Å². The summed E-state index contributed by atoms with van der Waals surface area (Å²) in [5, 5.41) is 1.64. The summed E-state index contributed by atoms with van der Waals surface area (Å²) in [6.45, 7) is 3.47. The first-order chi connectivity index (χ1) is 10.4. The van der Waals surface area contributed by atoms with E-state index < -0.39 is 15.9 Å². The molecule has 0 unspecified atom stereocenters. The molecule has 0 aliphatic rings. The largest absolute Gasteiger partial charge is 0.483 e. The molecule has 1 amide bonds. The molecule has 22 heavy (non-hydrogen) atoms. The second-order valence-electron chi connectivity index (χ2n) is 4.60. The maximum absolute atomic E-state index is 11.8. The topological polar surface area (TPSA) is 84.5 Å². The number of carbonyl (C=O) groups excluding carboxylic acids is 1. The molecule has 0 spiro atoms. The number of benzene rings is 1. The van der Waals surface area contributed by atoms with Crippen molar-refractivity contribution in [2.24, 2.45) is 0 Å². The lowest BCUT2D eigenvalue weighted by Crippen LogP contribution is -2.43. The molecule has 1 heterocycles. The van der Waals surface area contributed by atoms with Crippen LogP contribution in [0.2, 0.25) is 0 Å². The highest BCUT2D eigenvalue weighted by atomic mass is 32.2. The van der Waals surface area contributed by atoms with Crippen LogP contribution in [0.25, 0.3) is 0 Å². The molecule has 0 aliphatic carbocycles. The van der Waals surface area contributed by atoms with Crippen LogP contribution in [0.15, 0.2) is 39.9 Å². The number of thiophene rings is 1. The maximum atomic E-state index is 11.8. The van der Waals surface area contributed by atoms with E-state index in [0.29, 0.717) is 5.75 Å². The number of ether oxygens (including phenoxy) is 1. The van der Waals surface area contributed by atoms with Gasteiger partial charge in [0.1, 0.15) is 9.96 Å². The smallest absolute Gasteiger partial charge is 0.272 e. The highest BCUT2D eigenvalue weighted by Gasteiger charge is 2.16. The van der Waals surface area contributed by atoms with Crippen LogP contribution in [0.1, 0.15) is 11.1 Å². The molecule has 2 aromatic rings. The van der Waals surface area contributed by atoms with E-state index >= 15 is 0 Å². The predicted molar refractivity (Wildman–Crippen MR) is 84.2 cm³/mol. The van der Waals surface area contributed by atoms with Gasteiger partial charge in [-0.1, -0.05) is 24.3 Å². The van der Waals surface area contributed by atoms with E-state index in [1.807, 2.05) is 36.9 Å². The van der Waals surface area contributed by atoms with Gasteiger partial charge in [-0.2, -0.15) is 0 Å². The third kappa shape index (κ3) is 4.06. The summed E-state index contributed by atoms with van der Waals surface area (Å²) in [5.41, 5.74) is 3.94. The summed E-state index contributed by atoms with van der Waals surface area (Å²) in [4.78, 5) is 13.7. The summed E-state index contributed by atoms with van der Waals surface area (Å²) < 4.78 is 29.2. The molecule has 0 bridgehead atoms. The number of aryl methyl sites for hydroxylation is 2. The van der Waals surface area contributed by atoms with Gasteiger partial charge in [0, 0.05) is 0 Å². The average molecular weight is 340 g/mol. The highest BCUT2D eigenvalue weighted by molar-refractivity contribution is 7.91. The standard InChI is InChI=1S/C14H16N2O4S2/c1-10-5-3-6-11(2)14(10)20-9-12(17)15-16-22(18,19)13-7-4-8-21-13/h3-8,16H,9H2,1-2H3,(H,15,17). The quantitative estimate of drug-likeness (QED) is 0.785. The van der Waals surface area contributed by atoms with Gasteiger partial charge >= 0.3 is 0 Å². The van der Waals surface area contributed by atoms with Crippen molar-refractivity contribution >= 4 is 27.3 Å². The number of hydrogen-bond acceptors (Lipinski definition) is 5. The Morgan fingerprint density at radius 2 is 1.86 bits per heavy atom. The Kier molecular flexibility index (Phi) is 5.17. The van der Waals surface area contributed by atoms with Gasteiger partial charge in [-0.05, 0) is 36.4 Å². The molecule has 0 fully saturated rings. The molecule has 2 rings (SSSR count).